The van der Waals surface area contributed by atoms with Crippen LogP contribution in [-0.4, -0.2) is 4.21 Å². The van der Waals surface area contributed by atoms with Crippen LogP contribution in [0.15, 0.2) is 29.2 Å². The molecule has 0 N–H and O–H groups in total. The molecule has 0 amide bonds. The number of aryl methyl sites for hydroxylation is 1. The Morgan fingerprint density at radius 3 is 2.15 bits per heavy atom. The van der Waals surface area contributed by atoms with E-state index in [1.807, 2.05) is 31.2 Å². The van der Waals surface area contributed by atoms with Crippen molar-refractivity contribution in [3.05, 3.63) is 34.5 Å². The molecule has 1 rings (SSSR count). The Hall–Kier alpha value is 0.257. The predicted octanol–water partition coefficient (Wildman–Crippen LogP) is -0.145. The van der Waals surface area contributed by atoms with Crippen LogP contribution in [0.4, 0.5) is 0 Å². The summed E-state index contributed by atoms with van der Waals surface area (Å²) in [7, 11) is -1.16. The molecule has 4 heteroatoms. The molecule has 0 heterocycles. The molecule has 1 aromatic rings. The summed E-state index contributed by atoms with van der Waals surface area (Å²) < 4.78 is 11.8. The van der Waals surface area contributed by atoms with Gasteiger partial charge in [-0.25, -0.2) is 0 Å². The standard InChI is InChI=1S/C9H10ClOS.Li/c1-7-3-5-9(6-4-7)12(11)8(2)10;/h3-6H,1-2H3;/q-1;+1. The molecule has 1 aromatic carbocycles. The van der Waals surface area contributed by atoms with Gasteiger partial charge in [0.1, 0.15) is 0 Å². The van der Waals surface area contributed by atoms with E-state index in [1.165, 1.54) is 0 Å². The first-order valence-corrected chi connectivity index (χ1v) is 5.11. The molecule has 66 valence electrons. The van der Waals surface area contributed by atoms with Crippen molar-refractivity contribution < 1.29 is 23.1 Å². The van der Waals surface area contributed by atoms with Crippen LogP contribution in [-0.2, 0) is 10.8 Å². The quantitative estimate of drug-likeness (QED) is 0.488. The van der Waals surface area contributed by atoms with Gasteiger partial charge in [-0.3, -0.25) is 4.21 Å². The van der Waals surface area contributed by atoms with Gasteiger partial charge >= 0.3 is 18.9 Å². The van der Waals surface area contributed by atoms with Crippen molar-refractivity contribution in [2.24, 2.45) is 0 Å². The van der Waals surface area contributed by atoms with Crippen molar-refractivity contribution in [1.82, 2.24) is 0 Å². The number of halogens is 1. The van der Waals surface area contributed by atoms with Gasteiger partial charge < -0.3 is 11.6 Å². The number of hydrogen-bond donors (Lipinski definition) is 0. The number of hydrogen-bond acceptors (Lipinski definition) is 1. The monoisotopic (exact) mass is 208 g/mol. The second kappa shape index (κ2) is 5.88. The molecule has 0 saturated carbocycles. The summed E-state index contributed by atoms with van der Waals surface area (Å²) >= 11 is 5.62. The molecular formula is C9H10ClLiOS. The third kappa shape index (κ3) is 3.87. The van der Waals surface area contributed by atoms with Crippen LogP contribution in [0.3, 0.4) is 0 Å². The van der Waals surface area contributed by atoms with E-state index in [0.717, 1.165) is 10.5 Å². The zero-order valence-corrected chi connectivity index (χ0v) is 9.58. The SMILES string of the molecule is Cc1ccc(S(=O)[C-](C)Cl)cc1.[Li+]. The summed E-state index contributed by atoms with van der Waals surface area (Å²) in [6, 6.07) is 7.51. The Balaban J connectivity index is 0.00000144. The summed E-state index contributed by atoms with van der Waals surface area (Å²) in [5.74, 6) is 0. The van der Waals surface area contributed by atoms with Crippen molar-refractivity contribution in [2.75, 3.05) is 0 Å². The second-order valence-corrected chi connectivity index (χ2v) is 4.96. The maximum Gasteiger partial charge on any atom is 1.00 e. The molecule has 0 radical (unpaired) electrons. The maximum absolute atomic E-state index is 11.4. The van der Waals surface area contributed by atoms with Gasteiger partial charge in [0, 0.05) is 4.90 Å². The molecule has 0 aromatic heterocycles. The van der Waals surface area contributed by atoms with E-state index in [0.29, 0.717) is 4.71 Å². The molecule has 0 bridgehead atoms. The van der Waals surface area contributed by atoms with Crippen LogP contribution in [0.25, 0.3) is 0 Å². The molecule has 0 aliphatic carbocycles. The Morgan fingerprint density at radius 1 is 1.31 bits per heavy atom. The van der Waals surface area contributed by atoms with Gasteiger partial charge in [0.25, 0.3) is 0 Å². The third-order valence-electron chi connectivity index (χ3n) is 1.49. The van der Waals surface area contributed by atoms with Crippen LogP contribution in [0.2, 0.25) is 0 Å². The fraction of sp³-hybridized carbons (Fsp3) is 0.222. The number of rotatable bonds is 2. The minimum atomic E-state index is -1.16. The Bertz CT molecular complexity index is 284. The van der Waals surface area contributed by atoms with Gasteiger partial charge in [-0.2, -0.15) is 6.92 Å². The van der Waals surface area contributed by atoms with Crippen molar-refractivity contribution in [3.63, 3.8) is 0 Å². The molecule has 0 aliphatic heterocycles. The zero-order valence-electron chi connectivity index (χ0n) is 8.00. The molecule has 0 fully saturated rings. The Morgan fingerprint density at radius 2 is 1.77 bits per heavy atom. The fourth-order valence-electron chi connectivity index (χ4n) is 0.824. The zero-order chi connectivity index (χ0) is 9.14. The molecule has 1 nitrogen and oxygen atoms in total. The molecule has 1 unspecified atom stereocenters. The average Bonchev–Trinajstić information content (AvgIpc) is 2.04. The third-order valence-corrected chi connectivity index (χ3v) is 3.12. The van der Waals surface area contributed by atoms with Crippen molar-refractivity contribution in [2.45, 2.75) is 18.7 Å². The topological polar surface area (TPSA) is 17.1 Å². The van der Waals surface area contributed by atoms with E-state index in [2.05, 4.69) is 0 Å². The predicted molar refractivity (Wildman–Crippen MR) is 52.4 cm³/mol. The molecule has 0 spiro atoms. The van der Waals surface area contributed by atoms with Gasteiger partial charge in [-0.15, -0.1) is 4.71 Å². The summed E-state index contributed by atoms with van der Waals surface area (Å²) in [6.07, 6.45) is 0. The first-order chi connectivity index (χ1) is 5.61. The van der Waals surface area contributed by atoms with Crippen molar-refractivity contribution in [1.29, 1.82) is 0 Å². The molecule has 0 aliphatic rings. The molecular weight excluding hydrogens is 199 g/mol. The van der Waals surface area contributed by atoms with E-state index < -0.39 is 10.8 Å². The molecule has 0 saturated heterocycles. The van der Waals surface area contributed by atoms with E-state index in [1.54, 1.807) is 6.92 Å². The normalized spacial score (nSPS) is 12.3. The van der Waals surface area contributed by atoms with E-state index >= 15 is 0 Å². The summed E-state index contributed by atoms with van der Waals surface area (Å²) in [6.45, 7) is 3.64. The Kier molecular flexibility index (Phi) is 5.99. The van der Waals surface area contributed by atoms with Crippen LogP contribution in [0.1, 0.15) is 12.5 Å². The van der Waals surface area contributed by atoms with Gasteiger partial charge in [0.05, 0.1) is 0 Å². The summed E-state index contributed by atoms with van der Waals surface area (Å²) in [5.41, 5.74) is 1.16. The Labute approximate surface area is 98.5 Å². The minimum absolute atomic E-state index is 0. The average molecular weight is 209 g/mol. The first kappa shape index (κ1) is 13.3. The van der Waals surface area contributed by atoms with Gasteiger partial charge in [-0.05, 0) is 19.1 Å². The largest absolute Gasteiger partial charge is 1.00 e. The van der Waals surface area contributed by atoms with Crippen molar-refractivity contribution in [3.8, 4) is 0 Å². The smallest absolute Gasteiger partial charge is 0.332 e. The van der Waals surface area contributed by atoms with E-state index in [4.69, 9.17) is 11.6 Å². The molecule has 13 heavy (non-hydrogen) atoms. The van der Waals surface area contributed by atoms with Crippen LogP contribution in [0, 0.1) is 11.6 Å². The van der Waals surface area contributed by atoms with Gasteiger partial charge in [-0.1, -0.05) is 28.5 Å². The maximum atomic E-state index is 11.4. The van der Waals surface area contributed by atoms with Crippen LogP contribution >= 0.6 is 11.6 Å². The fourth-order valence-corrected chi connectivity index (χ4v) is 1.80. The van der Waals surface area contributed by atoms with Crippen LogP contribution in [0.5, 0.6) is 0 Å². The van der Waals surface area contributed by atoms with Gasteiger partial charge in [0.2, 0.25) is 0 Å². The van der Waals surface area contributed by atoms with Crippen molar-refractivity contribution >= 4 is 22.4 Å². The summed E-state index contributed by atoms with van der Waals surface area (Å²) in [5, 5.41) is 0. The second-order valence-electron chi connectivity index (χ2n) is 2.55. The first-order valence-electron chi connectivity index (χ1n) is 3.59. The minimum Gasteiger partial charge on any atom is -0.332 e. The molecule has 1 atom stereocenters. The van der Waals surface area contributed by atoms with E-state index in [9.17, 15) is 4.21 Å². The summed E-state index contributed by atoms with van der Waals surface area (Å²) in [4.78, 5) is 0.758. The number of benzene rings is 1. The van der Waals surface area contributed by atoms with E-state index in [-0.39, 0.29) is 18.9 Å². The van der Waals surface area contributed by atoms with Gasteiger partial charge in [0.15, 0.2) is 0 Å². The van der Waals surface area contributed by atoms with Crippen LogP contribution < -0.4 is 18.9 Å².